The molecule has 0 saturated carbocycles. The third kappa shape index (κ3) is 3.76. The van der Waals surface area contributed by atoms with Gasteiger partial charge in [0.05, 0.1) is 19.6 Å². The maximum absolute atomic E-state index is 13.6. The minimum Gasteiger partial charge on any atom is -1.00 e. The van der Waals surface area contributed by atoms with Gasteiger partial charge >= 0.3 is 0 Å². The van der Waals surface area contributed by atoms with Gasteiger partial charge in [0.1, 0.15) is 5.41 Å². The van der Waals surface area contributed by atoms with Gasteiger partial charge in [0.25, 0.3) is 0 Å². The first-order chi connectivity index (χ1) is 12.7. The first-order valence-electron chi connectivity index (χ1n) is 9.99. The molecule has 27 heavy (non-hydrogen) atoms. The van der Waals surface area contributed by atoms with E-state index < -0.39 is 5.41 Å². The zero-order valence-electron chi connectivity index (χ0n) is 16.7. The lowest BCUT2D eigenvalue weighted by atomic mass is 9.73. The summed E-state index contributed by atoms with van der Waals surface area (Å²) in [7, 11) is 0. The largest absolute Gasteiger partial charge is 1.00 e. The molecule has 4 heteroatoms. The van der Waals surface area contributed by atoms with Crippen LogP contribution >= 0.6 is 0 Å². The molecule has 0 saturated heterocycles. The standard InChI is InChI=1S/C23H30N2O.ClH/c1-4-23(19-13-8-7-9-14-19)20-15-10-11-16-21(20)25(22(23)26)18-12-17-24(5-2)6-3;/h7-11,13-16H,4-6,12,17-18H2,1-3H3;1H. The van der Waals surface area contributed by atoms with Gasteiger partial charge in [-0.25, -0.2) is 0 Å². The molecule has 0 radical (unpaired) electrons. The summed E-state index contributed by atoms with van der Waals surface area (Å²) in [4.78, 5) is 17.3. The Morgan fingerprint density at radius 3 is 2.19 bits per heavy atom. The van der Waals surface area contributed by atoms with Crippen LogP contribution in [0.25, 0.3) is 0 Å². The van der Waals surface area contributed by atoms with E-state index in [1.54, 1.807) is 4.90 Å². The summed E-state index contributed by atoms with van der Waals surface area (Å²) in [6.45, 7) is 10.8. The monoisotopic (exact) mass is 386 g/mol. The van der Waals surface area contributed by atoms with Gasteiger partial charge in [-0.2, -0.15) is 0 Å². The molecule has 1 unspecified atom stereocenters. The lowest BCUT2D eigenvalue weighted by Crippen LogP contribution is -3.11. The van der Waals surface area contributed by atoms with E-state index in [0.717, 1.165) is 55.8 Å². The molecule has 1 heterocycles. The van der Waals surface area contributed by atoms with Gasteiger partial charge in [0, 0.05) is 18.7 Å². The lowest BCUT2D eigenvalue weighted by Gasteiger charge is -2.28. The van der Waals surface area contributed by atoms with Crippen LogP contribution in [-0.2, 0) is 10.2 Å². The van der Waals surface area contributed by atoms with Crippen molar-refractivity contribution in [2.45, 2.75) is 39.0 Å². The molecule has 0 fully saturated rings. The van der Waals surface area contributed by atoms with Crippen molar-refractivity contribution in [2.75, 3.05) is 31.1 Å². The average Bonchev–Trinajstić information content (AvgIpc) is 2.94. The van der Waals surface area contributed by atoms with E-state index >= 15 is 0 Å². The molecule has 3 rings (SSSR count). The second kappa shape index (κ2) is 9.38. The molecule has 3 nitrogen and oxygen atoms in total. The van der Waals surface area contributed by atoms with E-state index in [-0.39, 0.29) is 18.3 Å². The molecule has 0 spiro atoms. The fourth-order valence-corrected chi connectivity index (χ4v) is 4.39. The first kappa shape index (κ1) is 21.5. The quantitative estimate of drug-likeness (QED) is 0.681. The fourth-order valence-electron chi connectivity index (χ4n) is 4.39. The second-order valence-corrected chi connectivity index (χ2v) is 7.16. The number of fused-ring (bicyclic) bond motifs is 1. The van der Waals surface area contributed by atoms with Gasteiger partial charge in [0.15, 0.2) is 0 Å². The van der Waals surface area contributed by atoms with Crippen LogP contribution in [0.1, 0.15) is 44.7 Å². The van der Waals surface area contributed by atoms with Crippen molar-refractivity contribution in [3.05, 3.63) is 65.7 Å². The molecule has 0 bridgehead atoms. The van der Waals surface area contributed by atoms with Crippen LogP contribution in [0.3, 0.4) is 0 Å². The molecule has 0 aliphatic carbocycles. The van der Waals surface area contributed by atoms with Crippen molar-refractivity contribution in [3.63, 3.8) is 0 Å². The van der Waals surface area contributed by atoms with Crippen LogP contribution < -0.4 is 22.2 Å². The average molecular weight is 387 g/mol. The SMILES string of the molecule is CC[NH+](CC)CCCN1C(=O)C(CC)(c2ccccc2)c2ccccc21.[Cl-]. The molecule has 2 aromatic carbocycles. The molecular formula is C23H31ClN2O. The van der Waals surface area contributed by atoms with Crippen LogP contribution in [0.2, 0.25) is 0 Å². The Morgan fingerprint density at radius 2 is 1.56 bits per heavy atom. The molecule has 1 amide bonds. The van der Waals surface area contributed by atoms with Gasteiger partial charge in [-0.05, 0) is 37.5 Å². The number of halogens is 1. The third-order valence-electron chi connectivity index (χ3n) is 5.97. The van der Waals surface area contributed by atoms with E-state index in [1.807, 2.05) is 29.2 Å². The number of nitrogens with one attached hydrogen (secondary N) is 1. The van der Waals surface area contributed by atoms with Crippen LogP contribution in [0.5, 0.6) is 0 Å². The van der Waals surface area contributed by atoms with Crippen molar-refractivity contribution in [1.82, 2.24) is 0 Å². The number of hydrogen-bond acceptors (Lipinski definition) is 1. The Morgan fingerprint density at radius 1 is 0.926 bits per heavy atom. The number of quaternary nitrogens is 1. The van der Waals surface area contributed by atoms with Crippen molar-refractivity contribution in [2.24, 2.45) is 0 Å². The van der Waals surface area contributed by atoms with E-state index in [2.05, 4.69) is 51.1 Å². The minimum absolute atomic E-state index is 0. The zero-order valence-corrected chi connectivity index (χ0v) is 17.4. The highest BCUT2D eigenvalue weighted by atomic mass is 35.5. The Labute approximate surface area is 169 Å². The maximum Gasteiger partial charge on any atom is 0.242 e. The van der Waals surface area contributed by atoms with Gasteiger partial charge in [-0.3, -0.25) is 4.79 Å². The molecule has 1 N–H and O–H groups in total. The number of amides is 1. The number of para-hydroxylation sites is 1. The van der Waals surface area contributed by atoms with E-state index in [0.29, 0.717) is 0 Å². The second-order valence-electron chi connectivity index (χ2n) is 7.16. The third-order valence-corrected chi connectivity index (χ3v) is 5.97. The Kier molecular flexibility index (Phi) is 7.46. The first-order valence-corrected chi connectivity index (χ1v) is 9.99. The summed E-state index contributed by atoms with van der Waals surface area (Å²) in [5.74, 6) is 0.238. The van der Waals surface area contributed by atoms with E-state index in [1.165, 1.54) is 0 Å². The Balaban J connectivity index is 0.00000261. The normalized spacial score (nSPS) is 18.5. The van der Waals surface area contributed by atoms with Crippen LogP contribution in [-0.4, -0.2) is 32.1 Å². The molecule has 1 atom stereocenters. The topological polar surface area (TPSA) is 24.8 Å². The predicted molar refractivity (Wildman–Crippen MR) is 108 cm³/mol. The number of nitrogens with zero attached hydrogens (tertiary/aromatic N) is 1. The molecular weight excluding hydrogens is 356 g/mol. The highest BCUT2D eigenvalue weighted by Crippen LogP contribution is 2.48. The minimum atomic E-state index is -0.542. The highest BCUT2D eigenvalue weighted by molar-refractivity contribution is 6.10. The molecule has 1 aliphatic heterocycles. The maximum atomic E-state index is 13.6. The van der Waals surface area contributed by atoms with Crippen LogP contribution in [0.15, 0.2) is 54.6 Å². The Hall–Kier alpha value is -1.84. The van der Waals surface area contributed by atoms with Crippen LogP contribution in [0, 0.1) is 0 Å². The van der Waals surface area contributed by atoms with Crippen molar-refractivity contribution in [1.29, 1.82) is 0 Å². The summed E-state index contributed by atoms with van der Waals surface area (Å²) < 4.78 is 0. The number of benzene rings is 2. The molecule has 1 aliphatic rings. The van der Waals surface area contributed by atoms with Crippen molar-refractivity contribution < 1.29 is 22.1 Å². The van der Waals surface area contributed by atoms with E-state index in [9.17, 15) is 4.79 Å². The van der Waals surface area contributed by atoms with Crippen molar-refractivity contribution >= 4 is 11.6 Å². The summed E-state index contributed by atoms with van der Waals surface area (Å²) >= 11 is 0. The molecule has 0 aromatic heterocycles. The number of carbonyl (C=O) groups is 1. The van der Waals surface area contributed by atoms with Gasteiger partial charge < -0.3 is 22.2 Å². The number of carbonyl (C=O) groups excluding carboxylic acids is 1. The summed E-state index contributed by atoms with van der Waals surface area (Å²) in [6.07, 6.45) is 1.82. The van der Waals surface area contributed by atoms with Gasteiger partial charge in [-0.15, -0.1) is 0 Å². The number of hydrogen-bond donors (Lipinski definition) is 1. The van der Waals surface area contributed by atoms with Gasteiger partial charge in [0.2, 0.25) is 5.91 Å². The number of anilines is 1. The summed E-state index contributed by atoms with van der Waals surface area (Å²) in [5, 5.41) is 0. The fraction of sp³-hybridized carbons (Fsp3) is 0.435. The molecule has 146 valence electrons. The Bertz CT molecular complexity index is 745. The smallest absolute Gasteiger partial charge is 0.242 e. The van der Waals surface area contributed by atoms with Gasteiger partial charge in [-0.1, -0.05) is 55.5 Å². The lowest BCUT2D eigenvalue weighted by molar-refractivity contribution is -0.896. The molecule has 2 aromatic rings. The van der Waals surface area contributed by atoms with Crippen LogP contribution in [0.4, 0.5) is 5.69 Å². The van der Waals surface area contributed by atoms with E-state index in [4.69, 9.17) is 0 Å². The number of rotatable bonds is 8. The highest BCUT2D eigenvalue weighted by Gasteiger charge is 2.50. The predicted octanol–water partition coefficient (Wildman–Crippen LogP) is 0.0481. The summed E-state index contributed by atoms with van der Waals surface area (Å²) in [6, 6.07) is 18.6. The van der Waals surface area contributed by atoms with Crippen molar-refractivity contribution in [3.8, 4) is 0 Å². The summed E-state index contributed by atoms with van der Waals surface area (Å²) in [5.41, 5.74) is 2.82. The zero-order chi connectivity index (χ0) is 18.6.